The molecule has 2 rings (SSSR count). The molecule has 1 saturated heterocycles. The fourth-order valence-electron chi connectivity index (χ4n) is 1.44. The van der Waals surface area contributed by atoms with Crippen LogP contribution in [0.2, 0.25) is 0 Å². The Labute approximate surface area is 87.1 Å². The molecule has 2 heterocycles. The molecule has 1 fully saturated rings. The average Bonchev–Trinajstić information content (AvgIpc) is 2.37. The quantitative estimate of drug-likeness (QED) is 0.805. The van der Waals surface area contributed by atoms with Crippen molar-refractivity contribution in [3.05, 3.63) is 21.4 Å². The molecular formula is C10H13NO2S. The number of amides is 1. The van der Waals surface area contributed by atoms with Gasteiger partial charge in [0, 0.05) is 9.75 Å². The predicted molar refractivity (Wildman–Crippen MR) is 55.9 cm³/mol. The summed E-state index contributed by atoms with van der Waals surface area (Å²) in [6.45, 7) is 5.28. The van der Waals surface area contributed by atoms with E-state index in [1.807, 2.05) is 19.9 Å². The molecule has 0 spiro atoms. The molecule has 0 saturated carbocycles. The first-order valence-corrected chi connectivity index (χ1v) is 5.44. The Balaban J connectivity index is 2.06. The zero-order valence-electron chi connectivity index (χ0n) is 8.29. The largest absolute Gasteiger partial charge is 0.377 e. The van der Waals surface area contributed by atoms with Crippen LogP contribution in [-0.2, 0) is 4.74 Å². The zero-order chi connectivity index (χ0) is 10.1. The number of aryl methyl sites for hydroxylation is 2. The summed E-state index contributed by atoms with van der Waals surface area (Å²) < 4.78 is 4.99. The molecule has 0 aliphatic carbocycles. The standard InChI is InChI=1S/C10H13NO2S/c1-6-3-9(7(2)14-6)10(12)11-8-4-13-5-8/h3,8H,4-5H2,1-2H3,(H,11,12). The van der Waals surface area contributed by atoms with E-state index < -0.39 is 0 Å². The molecule has 4 heteroatoms. The summed E-state index contributed by atoms with van der Waals surface area (Å²) in [7, 11) is 0. The molecule has 0 unspecified atom stereocenters. The second kappa shape index (κ2) is 3.71. The van der Waals surface area contributed by atoms with Crippen LogP contribution < -0.4 is 5.32 Å². The molecule has 76 valence electrons. The number of nitrogens with one attached hydrogen (secondary N) is 1. The molecule has 0 atom stereocenters. The maximum absolute atomic E-state index is 11.7. The van der Waals surface area contributed by atoms with Crippen molar-refractivity contribution in [2.45, 2.75) is 19.9 Å². The van der Waals surface area contributed by atoms with Crippen LogP contribution >= 0.6 is 11.3 Å². The molecule has 3 nitrogen and oxygen atoms in total. The third-order valence-corrected chi connectivity index (χ3v) is 3.22. The topological polar surface area (TPSA) is 38.3 Å². The van der Waals surface area contributed by atoms with E-state index in [0.29, 0.717) is 13.2 Å². The van der Waals surface area contributed by atoms with Gasteiger partial charge in [0.05, 0.1) is 24.8 Å². The van der Waals surface area contributed by atoms with Crippen LogP contribution in [0.15, 0.2) is 6.07 Å². The number of hydrogen-bond acceptors (Lipinski definition) is 3. The molecule has 1 amide bonds. The first-order chi connectivity index (χ1) is 6.66. The Morgan fingerprint density at radius 1 is 1.57 bits per heavy atom. The molecule has 1 aliphatic heterocycles. The van der Waals surface area contributed by atoms with Crippen molar-refractivity contribution in [3.8, 4) is 0 Å². The van der Waals surface area contributed by atoms with Crippen LogP contribution in [0.3, 0.4) is 0 Å². The van der Waals surface area contributed by atoms with E-state index in [9.17, 15) is 4.79 Å². The van der Waals surface area contributed by atoms with Gasteiger partial charge in [-0.05, 0) is 19.9 Å². The lowest BCUT2D eigenvalue weighted by molar-refractivity contribution is -0.00346. The molecule has 1 aliphatic rings. The maximum atomic E-state index is 11.7. The minimum absolute atomic E-state index is 0.0279. The van der Waals surface area contributed by atoms with Crippen molar-refractivity contribution in [1.82, 2.24) is 5.32 Å². The van der Waals surface area contributed by atoms with Gasteiger partial charge >= 0.3 is 0 Å². The smallest absolute Gasteiger partial charge is 0.252 e. The van der Waals surface area contributed by atoms with Crippen molar-refractivity contribution in [2.75, 3.05) is 13.2 Å². The highest BCUT2D eigenvalue weighted by Crippen LogP contribution is 2.20. The van der Waals surface area contributed by atoms with Crippen molar-refractivity contribution < 1.29 is 9.53 Å². The van der Waals surface area contributed by atoms with Crippen LogP contribution in [0.1, 0.15) is 20.1 Å². The lowest BCUT2D eigenvalue weighted by Crippen LogP contribution is -2.48. The summed E-state index contributed by atoms with van der Waals surface area (Å²) in [5.74, 6) is 0.0279. The van der Waals surface area contributed by atoms with Gasteiger partial charge in [-0.25, -0.2) is 0 Å². The van der Waals surface area contributed by atoms with Crippen molar-refractivity contribution in [3.63, 3.8) is 0 Å². The molecule has 1 N–H and O–H groups in total. The van der Waals surface area contributed by atoms with Gasteiger partial charge in [0.1, 0.15) is 0 Å². The fourth-order valence-corrected chi connectivity index (χ4v) is 2.36. The van der Waals surface area contributed by atoms with Crippen molar-refractivity contribution in [2.24, 2.45) is 0 Å². The van der Waals surface area contributed by atoms with Crippen LogP contribution in [0.5, 0.6) is 0 Å². The van der Waals surface area contributed by atoms with Gasteiger partial charge in [-0.1, -0.05) is 0 Å². The maximum Gasteiger partial charge on any atom is 0.252 e. The summed E-state index contributed by atoms with van der Waals surface area (Å²) in [5.41, 5.74) is 0.805. The molecule has 1 aromatic heterocycles. The third kappa shape index (κ3) is 1.81. The number of thiophene rings is 1. The Morgan fingerprint density at radius 3 is 2.71 bits per heavy atom. The summed E-state index contributed by atoms with van der Waals surface area (Å²) in [6.07, 6.45) is 0. The zero-order valence-corrected chi connectivity index (χ0v) is 9.11. The lowest BCUT2D eigenvalue weighted by Gasteiger charge is -2.26. The molecule has 0 aromatic carbocycles. The molecule has 0 bridgehead atoms. The highest BCUT2D eigenvalue weighted by atomic mass is 32.1. The molecule has 1 aromatic rings. The number of carbonyl (C=O) groups is 1. The monoisotopic (exact) mass is 211 g/mol. The first-order valence-electron chi connectivity index (χ1n) is 4.62. The molecule has 0 radical (unpaired) electrons. The van der Waals surface area contributed by atoms with Crippen molar-refractivity contribution >= 4 is 17.2 Å². The SMILES string of the molecule is Cc1cc(C(=O)NC2COC2)c(C)s1. The van der Waals surface area contributed by atoms with E-state index >= 15 is 0 Å². The van der Waals surface area contributed by atoms with E-state index in [1.54, 1.807) is 11.3 Å². The minimum Gasteiger partial charge on any atom is -0.377 e. The summed E-state index contributed by atoms with van der Waals surface area (Å²) in [4.78, 5) is 14.0. The van der Waals surface area contributed by atoms with Crippen LogP contribution in [0.4, 0.5) is 0 Å². The van der Waals surface area contributed by atoms with Gasteiger partial charge in [-0.3, -0.25) is 4.79 Å². The first kappa shape index (κ1) is 9.68. The van der Waals surface area contributed by atoms with E-state index in [-0.39, 0.29) is 11.9 Å². The highest BCUT2D eigenvalue weighted by Gasteiger charge is 2.22. The van der Waals surface area contributed by atoms with Gasteiger partial charge in [0.15, 0.2) is 0 Å². The number of carbonyl (C=O) groups excluding carboxylic acids is 1. The lowest BCUT2D eigenvalue weighted by atomic mass is 10.2. The summed E-state index contributed by atoms with van der Waals surface area (Å²) >= 11 is 1.66. The van der Waals surface area contributed by atoms with Crippen LogP contribution in [-0.4, -0.2) is 25.2 Å². The second-order valence-corrected chi connectivity index (χ2v) is 5.00. The molecular weight excluding hydrogens is 198 g/mol. The third-order valence-electron chi connectivity index (χ3n) is 2.26. The van der Waals surface area contributed by atoms with Gasteiger partial charge in [0.2, 0.25) is 0 Å². The Kier molecular flexibility index (Phi) is 2.56. The van der Waals surface area contributed by atoms with Gasteiger partial charge in [-0.2, -0.15) is 0 Å². The van der Waals surface area contributed by atoms with Gasteiger partial charge in [-0.15, -0.1) is 11.3 Å². The molecule has 14 heavy (non-hydrogen) atoms. The average molecular weight is 211 g/mol. The van der Waals surface area contributed by atoms with E-state index in [2.05, 4.69) is 5.32 Å². The number of rotatable bonds is 2. The van der Waals surface area contributed by atoms with Crippen LogP contribution in [0.25, 0.3) is 0 Å². The summed E-state index contributed by atoms with van der Waals surface area (Å²) in [5, 5.41) is 2.93. The highest BCUT2D eigenvalue weighted by molar-refractivity contribution is 7.12. The number of ether oxygens (including phenoxy) is 1. The Bertz CT molecular complexity index is 355. The second-order valence-electron chi connectivity index (χ2n) is 3.53. The van der Waals surface area contributed by atoms with E-state index in [1.165, 1.54) is 4.88 Å². The Hall–Kier alpha value is -0.870. The summed E-state index contributed by atoms with van der Waals surface area (Å²) in [6, 6.07) is 2.15. The minimum atomic E-state index is 0.0279. The van der Waals surface area contributed by atoms with Crippen LogP contribution in [0, 0.1) is 13.8 Å². The van der Waals surface area contributed by atoms with Gasteiger partial charge in [0.25, 0.3) is 5.91 Å². The van der Waals surface area contributed by atoms with Crippen molar-refractivity contribution in [1.29, 1.82) is 0 Å². The van der Waals surface area contributed by atoms with Gasteiger partial charge < -0.3 is 10.1 Å². The Morgan fingerprint density at radius 2 is 2.29 bits per heavy atom. The van der Waals surface area contributed by atoms with E-state index in [4.69, 9.17) is 4.74 Å². The predicted octanol–water partition coefficient (Wildman–Crippen LogP) is 1.49. The normalized spacial score (nSPS) is 16.4. The van der Waals surface area contributed by atoms with E-state index in [0.717, 1.165) is 10.4 Å². The fraction of sp³-hybridized carbons (Fsp3) is 0.500. The number of hydrogen-bond donors (Lipinski definition) is 1.